The Morgan fingerprint density at radius 3 is 2.32 bits per heavy atom. The number of likely N-dealkylation sites (N-methyl/N-ethyl adjacent to an activating group) is 1. The smallest absolute Gasteiger partial charge is 0.170 e. The van der Waals surface area contributed by atoms with Gasteiger partial charge in [0.05, 0.1) is 5.92 Å². The fraction of sp³-hybridized carbons (Fsp3) is 0.269. The van der Waals surface area contributed by atoms with Gasteiger partial charge in [-0.1, -0.05) is 18.2 Å². The molecule has 2 atom stereocenters. The molecule has 0 saturated heterocycles. The number of hydrogen-bond acceptors (Lipinski definition) is 5. The number of phenolic OH excluding ortho intramolecular Hbond substituents is 2. The lowest BCUT2D eigenvalue weighted by Crippen LogP contribution is -2.19. The number of rotatable bonds is 7. The van der Waals surface area contributed by atoms with Crippen LogP contribution >= 0.6 is 0 Å². The summed E-state index contributed by atoms with van der Waals surface area (Å²) in [6.07, 6.45) is 0.663. The van der Waals surface area contributed by atoms with E-state index in [4.69, 9.17) is 4.74 Å². The molecule has 0 aliphatic heterocycles. The summed E-state index contributed by atoms with van der Waals surface area (Å²) in [5.41, 5.74) is 3.57. The molecule has 0 spiro atoms. The molecule has 2 N–H and O–H groups in total. The number of ketones is 1. The van der Waals surface area contributed by atoms with Crippen LogP contribution in [0, 0.1) is 0 Å². The van der Waals surface area contributed by atoms with Crippen molar-refractivity contribution in [3.63, 3.8) is 0 Å². The summed E-state index contributed by atoms with van der Waals surface area (Å²) in [6, 6.07) is 19.6. The van der Waals surface area contributed by atoms with Crippen molar-refractivity contribution in [3.05, 3.63) is 89.0 Å². The molecular formula is C26H27NO4. The molecule has 0 aromatic heterocycles. The number of carbonyl (C=O) groups is 1. The maximum Gasteiger partial charge on any atom is 0.170 e. The van der Waals surface area contributed by atoms with E-state index in [0.717, 1.165) is 29.0 Å². The van der Waals surface area contributed by atoms with Crippen molar-refractivity contribution in [1.82, 2.24) is 4.90 Å². The lowest BCUT2D eigenvalue weighted by Gasteiger charge is -2.20. The van der Waals surface area contributed by atoms with Gasteiger partial charge in [0.1, 0.15) is 23.9 Å². The SMILES string of the molecule is CN(C)CCOc1ccc(C(=O)C2c3ccc(O)cc3CC2c2ccc(O)cc2)cc1. The van der Waals surface area contributed by atoms with Crippen LogP contribution < -0.4 is 4.74 Å². The minimum atomic E-state index is -0.347. The summed E-state index contributed by atoms with van der Waals surface area (Å²) in [4.78, 5) is 15.7. The number of benzene rings is 3. The van der Waals surface area contributed by atoms with Gasteiger partial charge in [-0.3, -0.25) is 4.79 Å². The van der Waals surface area contributed by atoms with Gasteiger partial charge in [0.25, 0.3) is 0 Å². The Hall–Kier alpha value is -3.31. The van der Waals surface area contributed by atoms with E-state index in [1.807, 2.05) is 56.6 Å². The number of Topliss-reactive ketones (excluding diaryl/α,β-unsaturated/α-hetero) is 1. The molecule has 0 bridgehead atoms. The van der Waals surface area contributed by atoms with Gasteiger partial charge in [0.2, 0.25) is 0 Å². The van der Waals surface area contributed by atoms with Crippen molar-refractivity contribution < 1.29 is 19.7 Å². The van der Waals surface area contributed by atoms with Gasteiger partial charge in [-0.2, -0.15) is 0 Å². The third kappa shape index (κ3) is 4.57. The summed E-state index contributed by atoms with van der Waals surface area (Å²) in [6.45, 7) is 1.41. The van der Waals surface area contributed by atoms with Gasteiger partial charge in [0.15, 0.2) is 5.78 Å². The van der Waals surface area contributed by atoms with Crippen molar-refractivity contribution in [2.45, 2.75) is 18.3 Å². The van der Waals surface area contributed by atoms with Crippen LogP contribution in [0.5, 0.6) is 17.2 Å². The minimum Gasteiger partial charge on any atom is -0.508 e. The summed E-state index contributed by atoms with van der Waals surface area (Å²) in [5, 5.41) is 19.6. The molecule has 3 aromatic rings. The molecule has 0 amide bonds. The number of ether oxygens (including phenoxy) is 1. The second-order valence-electron chi connectivity index (χ2n) is 8.30. The van der Waals surface area contributed by atoms with E-state index in [-0.39, 0.29) is 29.1 Å². The highest BCUT2D eigenvalue weighted by Gasteiger charge is 2.38. The largest absolute Gasteiger partial charge is 0.508 e. The lowest BCUT2D eigenvalue weighted by atomic mass is 9.81. The van der Waals surface area contributed by atoms with E-state index in [9.17, 15) is 15.0 Å². The van der Waals surface area contributed by atoms with Crippen molar-refractivity contribution >= 4 is 5.78 Å². The van der Waals surface area contributed by atoms with E-state index in [1.165, 1.54) is 0 Å². The first-order valence-corrected chi connectivity index (χ1v) is 10.4. The zero-order valence-corrected chi connectivity index (χ0v) is 17.8. The quantitative estimate of drug-likeness (QED) is 0.560. The van der Waals surface area contributed by atoms with Gasteiger partial charge in [-0.15, -0.1) is 0 Å². The highest BCUT2D eigenvalue weighted by molar-refractivity contribution is 6.02. The number of aromatic hydroxyl groups is 2. The second-order valence-corrected chi connectivity index (χ2v) is 8.30. The third-order valence-electron chi connectivity index (χ3n) is 5.85. The van der Waals surface area contributed by atoms with Crippen LogP contribution in [0.25, 0.3) is 0 Å². The monoisotopic (exact) mass is 417 g/mol. The summed E-state index contributed by atoms with van der Waals surface area (Å²) < 4.78 is 5.74. The molecule has 31 heavy (non-hydrogen) atoms. The van der Waals surface area contributed by atoms with E-state index >= 15 is 0 Å². The van der Waals surface area contributed by atoms with Crippen molar-refractivity contribution in [2.24, 2.45) is 0 Å². The molecule has 160 valence electrons. The molecule has 5 heteroatoms. The Balaban J connectivity index is 1.61. The summed E-state index contributed by atoms with van der Waals surface area (Å²) >= 11 is 0. The van der Waals surface area contributed by atoms with Gasteiger partial charge in [0, 0.05) is 18.0 Å². The van der Waals surface area contributed by atoms with Gasteiger partial charge >= 0.3 is 0 Å². The molecule has 1 aliphatic carbocycles. The van der Waals surface area contributed by atoms with E-state index in [1.54, 1.807) is 24.3 Å². The standard InChI is InChI=1S/C26H27NO4/c1-27(2)13-14-31-22-10-5-18(6-11-22)26(30)25-23-12-9-21(29)15-19(23)16-24(25)17-3-7-20(28)8-4-17/h3-12,15,24-25,28-29H,13-14,16H2,1-2H3. The van der Waals surface area contributed by atoms with Crippen LogP contribution in [0.4, 0.5) is 0 Å². The number of hydrogen-bond donors (Lipinski definition) is 2. The number of fused-ring (bicyclic) bond motifs is 1. The first-order valence-electron chi connectivity index (χ1n) is 10.4. The van der Waals surface area contributed by atoms with Crippen LogP contribution in [-0.2, 0) is 6.42 Å². The van der Waals surface area contributed by atoms with Crippen LogP contribution in [-0.4, -0.2) is 48.1 Å². The van der Waals surface area contributed by atoms with Gasteiger partial charge < -0.3 is 19.8 Å². The van der Waals surface area contributed by atoms with Crippen molar-refractivity contribution in [2.75, 3.05) is 27.2 Å². The Morgan fingerprint density at radius 1 is 0.968 bits per heavy atom. The van der Waals surface area contributed by atoms with Crippen molar-refractivity contribution in [1.29, 1.82) is 0 Å². The van der Waals surface area contributed by atoms with Crippen LogP contribution in [0.2, 0.25) is 0 Å². The minimum absolute atomic E-state index is 0.0438. The molecule has 4 rings (SSSR count). The third-order valence-corrected chi connectivity index (χ3v) is 5.85. The van der Waals surface area contributed by atoms with Crippen LogP contribution in [0.1, 0.15) is 38.9 Å². The Bertz CT molecular complexity index is 1060. The lowest BCUT2D eigenvalue weighted by molar-refractivity contribution is 0.0951. The topological polar surface area (TPSA) is 70.0 Å². The molecule has 3 aromatic carbocycles. The predicted octanol–water partition coefficient (Wildman–Crippen LogP) is 4.34. The Morgan fingerprint density at radius 2 is 1.65 bits per heavy atom. The highest BCUT2D eigenvalue weighted by Crippen LogP contribution is 2.46. The first-order chi connectivity index (χ1) is 14.9. The van der Waals surface area contributed by atoms with Crippen LogP contribution in [0.15, 0.2) is 66.7 Å². The summed E-state index contributed by atoms with van der Waals surface area (Å²) in [7, 11) is 3.99. The highest BCUT2D eigenvalue weighted by atomic mass is 16.5. The average molecular weight is 418 g/mol. The van der Waals surface area contributed by atoms with Crippen LogP contribution in [0.3, 0.4) is 0 Å². The van der Waals surface area contributed by atoms with E-state index in [2.05, 4.69) is 4.90 Å². The molecule has 1 aliphatic rings. The molecule has 0 saturated carbocycles. The predicted molar refractivity (Wildman–Crippen MR) is 120 cm³/mol. The second kappa shape index (κ2) is 8.82. The molecule has 5 nitrogen and oxygen atoms in total. The normalized spacial score (nSPS) is 17.5. The maximum absolute atomic E-state index is 13.6. The van der Waals surface area contributed by atoms with Gasteiger partial charge in [-0.25, -0.2) is 0 Å². The van der Waals surface area contributed by atoms with Gasteiger partial charge in [-0.05, 0) is 85.7 Å². The number of phenols is 2. The Labute approximate surface area is 182 Å². The summed E-state index contributed by atoms with van der Waals surface area (Å²) in [5.74, 6) is 0.786. The fourth-order valence-electron chi connectivity index (χ4n) is 4.24. The average Bonchev–Trinajstić information content (AvgIpc) is 3.12. The molecular weight excluding hydrogens is 390 g/mol. The molecule has 0 radical (unpaired) electrons. The zero-order valence-electron chi connectivity index (χ0n) is 17.8. The number of nitrogens with zero attached hydrogens (tertiary/aromatic N) is 1. The van der Waals surface area contributed by atoms with E-state index < -0.39 is 0 Å². The zero-order chi connectivity index (χ0) is 22.0. The Kier molecular flexibility index (Phi) is 5.96. The fourth-order valence-corrected chi connectivity index (χ4v) is 4.24. The maximum atomic E-state index is 13.6. The first kappa shape index (κ1) is 20.9. The van der Waals surface area contributed by atoms with Crippen molar-refractivity contribution in [3.8, 4) is 17.2 Å². The molecule has 0 heterocycles. The molecule has 2 unspecified atom stereocenters. The van der Waals surface area contributed by atoms with E-state index in [0.29, 0.717) is 18.6 Å². The number of carbonyl (C=O) groups excluding carboxylic acids is 1. The molecule has 0 fully saturated rings.